The fourth-order valence-corrected chi connectivity index (χ4v) is 2.10. The van der Waals surface area contributed by atoms with Gasteiger partial charge in [0, 0.05) is 18.1 Å². The van der Waals surface area contributed by atoms with Crippen LogP contribution in [0.3, 0.4) is 0 Å². The lowest BCUT2D eigenvalue weighted by Crippen LogP contribution is -2.22. The third-order valence-corrected chi connectivity index (χ3v) is 3.13. The van der Waals surface area contributed by atoms with Crippen molar-refractivity contribution in [2.45, 2.75) is 6.42 Å². The molecule has 1 aliphatic heterocycles. The van der Waals surface area contributed by atoms with Crippen molar-refractivity contribution in [2.75, 3.05) is 0 Å². The van der Waals surface area contributed by atoms with Crippen LogP contribution in [0.15, 0.2) is 66.2 Å². The van der Waals surface area contributed by atoms with Gasteiger partial charge in [0.05, 0.1) is 0 Å². The molecule has 1 aliphatic rings. The molecule has 0 unspecified atom stereocenters. The van der Waals surface area contributed by atoms with Crippen LogP contribution in [0.2, 0.25) is 0 Å². The summed E-state index contributed by atoms with van der Waals surface area (Å²) in [5.41, 5.74) is 1.43. The van der Waals surface area contributed by atoms with Gasteiger partial charge in [0.2, 0.25) is 0 Å². The van der Waals surface area contributed by atoms with E-state index in [0.717, 1.165) is 17.1 Å². The molecule has 0 atom stereocenters. The van der Waals surface area contributed by atoms with Crippen molar-refractivity contribution < 1.29 is 14.3 Å². The van der Waals surface area contributed by atoms with Crippen LogP contribution >= 0.6 is 0 Å². The number of hydrogen-bond donors (Lipinski definition) is 1. The van der Waals surface area contributed by atoms with E-state index in [4.69, 9.17) is 4.74 Å². The van der Waals surface area contributed by atoms with Crippen LogP contribution in [0.1, 0.15) is 5.56 Å². The molecule has 0 saturated carbocycles. The maximum Gasteiger partial charge on any atom is 0.254 e. The van der Waals surface area contributed by atoms with Gasteiger partial charge in [-0.25, -0.2) is 0 Å². The predicted molar refractivity (Wildman–Crippen MR) is 77.9 cm³/mol. The molecule has 1 N–H and O–H groups in total. The molecular weight excluding hydrogens is 266 g/mol. The van der Waals surface area contributed by atoms with Crippen LogP contribution < -0.4 is 10.1 Å². The second-order valence-electron chi connectivity index (χ2n) is 4.72. The number of amides is 2. The van der Waals surface area contributed by atoms with Gasteiger partial charge in [-0.3, -0.25) is 14.9 Å². The summed E-state index contributed by atoms with van der Waals surface area (Å²) in [6.07, 6.45) is 1.78. The molecule has 0 aliphatic carbocycles. The molecule has 0 fully saturated rings. The lowest BCUT2D eigenvalue weighted by atomic mass is 10.1. The third kappa shape index (κ3) is 3.17. The molecular formula is C17H13NO3. The number of nitrogens with one attached hydrogen (secondary N) is 1. The molecule has 2 amide bonds. The third-order valence-electron chi connectivity index (χ3n) is 3.13. The van der Waals surface area contributed by atoms with Crippen molar-refractivity contribution in [3.63, 3.8) is 0 Å². The van der Waals surface area contributed by atoms with E-state index in [1.807, 2.05) is 54.6 Å². The predicted octanol–water partition coefficient (Wildman–Crippen LogP) is 2.60. The molecule has 2 aromatic carbocycles. The fourth-order valence-electron chi connectivity index (χ4n) is 2.10. The van der Waals surface area contributed by atoms with Gasteiger partial charge in [-0.1, -0.05) is 30.3 Å². The number of rotatable bonds is 4. The van der Waals surface area contributed by atoms with Crippen LogP contribution in [-0.2, 0) is 16.0 Å². The smallest absolute Gasteiger partial charge is 0.254 e. The first-order chi connectivity index (χ1) is 10.2. The Morgan fingerprint density at radius 2 is 1.52 bits per heavy atom. The number of imide groups is 1. The highest BCUT2D eigenvalue weighted by Gasteiger charge is 2.20. The second-order valence-corrected chi connectivity index (χ2v) is 4.72. The monoisotopic (exact) mass is 279 g/mol. The van der Waals surface area contributed by atoms with Crippen LogP contribution in [-0.4, -0.2) is 11.8 Å². The molecule has 21 heavy (non-hydrogen) atoms. The number of carbonyl (C=O) groups excluding carboxylic acids is 2. The van der Waals surface area contributed by atoms with Gasteiger partial charge >= 0.3 is 0 Å². The molecule has 4 heteroatoms. The molecule has 104 valence electrons. The van der Waals surface area contributed by atoms with Crippen LogP contribution in [0.5, 0.6) is 11.5 Å². The molecule has 3 rings (SSSR count). The Labute approximate surface area is 122 Å². The lowest BCUT2D eigenvalue weighted by Gasteiger charge is -2.06. The maximum atomic E-state index is 11.5. The molecule has 4 nitrogen and oxygen atoms in total. The summed E-state index contributed by atoms with van der Waals surface area (Å²) in [7, 11) is 0. The summed E-state index contributed by atoms with van der Waals surface area (Å²) >= 11 is 0. The molecule has 0 bridgehead atoms. The van der Waals surface area contributed by atoms with Gasteiger partial charge in [-0.05, 0) is 29.8 Å². The van der Waals surface area contributed by atoms with Crippen molar-refractivity contribution in [2.24, 2.45) is 0 Å². The summed E-state index contributed by atoms with van der Waals surface area (Å²) in [5.74, 6) is 0.836. The first-order valence-corrected chi connectivity index (χ1v) is 6.58. The first kappa shape index (κ1) is 13.1. The van der Waals surface area contributed by atoms with E-state index in [1.54, 1.807) is 0 Å². The minimum absolute atomic E-state index is 0.315. The average molecular weight is 279 g/mol. The molecule has 1 heterocycles. The quantitative estimate of drug-likeness (QED) is 0.875. The van der Waals surface area contributed by atoms with Gasteiger partial charge in [0.1, 0.15) is 11.5 Å². The first-order valence-electron chi connectivity index (χ1n) is 6.58. The number of carbonyl (C=O) groups is 2. The van der Waals surface area contributed by atoms with E-state index in [-0.39, 0.29) is 11.8 Å². The zero-order valence-corrected chi connectivity index (χ0v) is 11.2. The van der Waals surface area contributed by atoms with Gasteiger partial charge in [-0.15, -0.1) is 0 Å². The van der Waals surface area contributed by atoms with E-state index >= 15 is 0 Å². The van der Waals surface area contributed by atoms with Crippen molar-refractivity contribution in [3.8, 4) is 11.5 Å². The van der Waals surface area contributed by atoms with Crippen LogP contribution in [0.4, 0.5) is 0 Å². The fraction of sp³-hybridized carbons (Fsp3) is 0.0588. The lowest BCUT2D eigenvalue weighted by molar-refractivity contribution is -0.123. The van der Waals surface area contributed by atoms with Gasteiger partial charge in [0.25, 0.3) is 11.8 Å². The number of para-hydroxylation sites is 1. The minimum Gasteiger partial charge on any atom is -0.457 e. The standard InChI is InChI=1S/C17H13NO3/c19-16-11-13(17(20)18-16)10-12-6-8-15(9-7-12)21-14-4-2-1-3-5-14/h1-9,11H,10H2,(H,18,19,20). The van der Waals surface area contributed by atoms with Gasteiger partial charge in [-0.2, -0.15) is 0 Å². The van der Waals surface area contributed by atoms with E-state index < -0.39 is 0 Å². The summed E-state index contributed by atoms with van der Waals surface area (Å²) in [4.78, 5) is 22.6. The topological polar surface area (TPSA) is 55.4 Å². The Hall–Kier alpha value is -2.88. The van der Waals surface area contributed by atoms with Gasteiger partial charge < -0.3 is 4.74 Å². The van der Waals surface area contributed by atoms with Crippen LogP contribution in [0, 0.1) is 0 Å². The largest absolute Gasteiger partial charge is 0.457 e. The summed E-state index contributed by atoms with van der Waals surface area (Å²) in [6.45, 7) is 0. The van der Waals surface area contributed by atoms with E-state index in [2.05, 4.69) is 5.32 Å². The number of ether oxygens (including phenoxy) is 1. The highest BCUT2D eigenvalue weighted by Crippen LogP contribution is 2.22. The van der Waals surface area contributed by atoms with Crippen molar-refractivity contribution >= 4 is 11.8 Å². The van der Waals surface area contributed by atoms with Crippen molar-refractivity contribution in [1.29, 1.82) is 0 Å². The Balaban J connectivity index is 1.69. The second kappa shape index (κ2) is 5.63. The Bertz CT molecular complexity index is 703. The number of benzene rings is 2. The normalized spacial score (nSPS) is 13.8. The Morgan fingerprint density at radius 1 is 0.857 bits per heavy atom. The number of hydrogen-bond acceptors (Lipinski definition) is 3. The van der Waals surface area contributed by atoms with Crippen molar-refractivity contribution in [1.82, 2.24) is 5.32 Å². The Morgan fingerprint density at radius 3 is 2.14 bits per heavy atom. The van der Waals surface area contributed by atoms with Gasteiger partial charge in [0.15, 0.2) is 0 Å². The molecule has 0 aromatic heterocycles. The highest BCUT2D eigenvalue weighted by molar-refractivity contribution is 6.16. The maximum absolute atomic E-state index is 11.5. The van der Waals surface area contributed by atoms with Crippen molar-refractivity contribution in [3.05, 3.63) is 71.8 Å². The van der Waals surface area contributed by atoms with E-state index in [0.29, 0.717) is 12.0 Å². The molecule has 0 radical (unpaired) electrons. The SMILES string of the molecule is O=C1C=C(Cc2ccc(Oc3ccccc3)cc2)C(=O)N1. The molecule has 0 saturated heterocycles. The van der Waals surface area contributed by atoms with E-state index in [1.165, 1.54) is 6.08 Å². The highest BCUT2D eigenvalue weighted by atomic mass is 16.5. The summed E-state index contributed by atoms with van der Waals surface area (Å²) in [5, 5.41) is 2.24. The van der Waals surface area contributed by atoms with E-state index in [9.17, 15) is 9.59 Å². The summed E-state index contributed by atoms with van der Waals surface area (Å²) < 4.78 is 5.69. The minimum atomic E-state index is -0.348. The molecule has 2 aromatic rings. The van der Waals surface area contributed by atoms with Crippen LogP contribution in [0.25, 0.3) is 0 Å². The average Bonchev–Trinajstić information content (AvgIpc) is 2.80. The zero-order valence-electron chi connectivity index (χ0n) is 11.2. The zero-order chi connectivity index (χ0) is 14.7. The summed E-state index contributed by atoms with van der Waals surface area (Å²) in [6, 6.07) is 17.0. The Kier molecular flexibility index (Phi) is 3.51. The molecule has 0 spiro atoms.